The highest BCUT2D eigenvalue weighted by Gasteiger charge is 2.43. The minimum Gasteiger partial charge on any atom is -0.300 e. The van der Waals surface area contributed by atoms with Crippen molar-refractivity contribution in [3.8, 4) is 0 Å². The van der Waals surface area contributed by atoms with Crippen molar-refractivity contribution >= 4 is 12.0 Å². The summed E-state index contributed by atoms with van der Waals surface area (Å²) >= 11 is 0. The van der Waals surface area contributed by atoms with Gasteiger partial charge in [-0.05, 0) is 69.9 Å². The highest BCUT2D eigenvalue weighted by atomic mass is 19.4. The number of H-pyrrole nitrogens is 1. The van der Waals surface area contributed by atoms with E-state index in [1.807, 2.05) is 10.00 Å². The number of allylic oxidation sites excluding steroid dienone is 4. The number of ketones is 1. The molecule has 0 bridgehead atoms. The zero-order chi connectivity index (χ0) is 35.2. The summed E-state index contributed by atoms with van der Waals surface area (Å²) in [6.45, 7) is 12.6. The molecule has 4 rings (SSSR count). The van der Waals surface area contributed by atoms with Crippen molar-refractivity contribution in [1.29, 1.82) is 0 Å². The second-order valence-electron chi connectivity index (χ2n) is 13.1. The molecule has 11 heteroatoms. The summed E-state index contributed by atoms with van der Waals surface area (Å²) in [5, 5.41) is 5.84. The van der Waals surface area contributed by atoms with Crippen LogP contribution in [-0.4, -0.2) is 46.1 Å². The Kier molecular flexibility index (Phi) is 16.7. The third-order valence-electron chi connectivity index (χ3n) is 9.23. The quantitative estimate of drug-likeness (QED) is 0.188. The monoisotopic (exact) mass is 670 g/mol. The molecule has 0 radical (unpaired) electrons. The van der Waals surface area contributed by atoms with E-state index in [1.165, 1.54) is 51.7 Å². The maximum Gasteiger partial charge on any atom is 0.422 e. The lowest BCUT2D eigenvalue weighted by Crippen LogP contribution is -2.29. The largest absolute Gasteiger partial charge is 0.422 e. The highest BCUT2D eigenvalue weighted by Crippen LogP contribution is 2.41. The average molecular weight is 671 g/mol. The average Bonchev–Trinajstić information content (AvgIpc) is 3.64. The number of hydrogen-bond donors (Lipinski definition) is 1. The molecule has 0 aromatic carbocycles. The fourth-order valence-corrected chi connectivity index (χ4v) is 5.89. The van der Waals surface area contributed by atoms with E-state index in [1.54, 1.807) is 6.08 Å². The smallest absolute Gasteiger partial charge is 0.300 e. The molecule has 0 spiro atoms. The van der Waals surface area contributed by atoms with Gasteiger partial charge in [0.1, 0.15) is 11.3 Å². The van der Waals surface area contributed by atoms with Crippen LogP contribution in [0.1, 0.15) is 141 Å². The minimum atomic E-state index is -4.68. The first-order chi connectivity index (χ1) is 22.1. The SMILES string of the molecule is CC(=O)C1CCN(C2CCc3c2n[nH]c(=O)c3C(F)(F)F)C1.CCCC.CC[C@@H](C)CCCCCC1=C\CC\C=C(C(C)(F)F)/C=N/1. The molecule has 3 aliphatic rings. The van der Waals surface area contributed by atoms with Gasteiger partial charge in [0.25, 0.3) is 11.5 Å². The molecule has 2 aliphatic heterocycles. The zero-order valence-electron chi connectivity index (χ0n) is 29.1. The second-order valence-corrected chi connectivity index (χ2v) is 13.1. The van der Waals surface area contributed by atoms with E-state index in [-0.39, 0.29) is 35.3 Å². The number of nitrogens with one attached hydrogen (secondary N) is 1. The number of halogens is 5. The number of rotatable bonds is 11. The number of fused-ring (bicyclic) bond motifs is 1. The van der Waals surface area contributed by atoms with Gasteiger partial charge in [0.05, 0.1) is 11.7 Å². The molecule has 0 amide bonds. The summed E-state index contributed by atoms with van der Waals surface area (Å²) in [7, 11) is 0. The Morgan fingerprint density at radius 2 is 1.72 bits per heavy atom. The van der Waals surface area contributed by atoms with Gasteiger partial charge in [-0.25, -0.2) is 13.9 Å². The van der Waals surface area contributed by atoms with E-state index < -0.39 is 23.2 Å². The second kappa shape index (κ2) is 19.3. The predicted molar refractivity (Wildman–Crippen MR) is 179 cm³/mol. The Labute approximate surface area is 277 Å². The Bertz CT molecular complexity index is 1280. The molecule has 1 fully saturated rings. The van der Waals surface area contributed by atoms with Gasteiger partial charge in [-0.15, -0.1) is 0 Å². The number of Topliss-reactive ketones (excluding diaryl/α,β-unsaturated/α-hetero) is 1. The molecule has 266 valence electrons. The molecule has 1 aromatic rings. The van der Waals surface area contributed by atoms with Crippen molar-refractivity contribution < 1.29 is 26.7 Å². The maximum atomic E-state index is 13.3. The first-order valence-electron chi connectivity index (χ1n) is 17.4. The Hall–Kier alpha value is -2.69. The summed E-state index contributed by atoms with van der Waals surface area (Å²) in [4.78, 5) is 29.2. The van der Waals surface area contributed by atoms with Crippen molar-refractivity contribution in [3.05, 3.63) is 50.6 Å². The van der Waals surface area contributed by atoms with Crippen LogP contribution < -0.4 is 5.56 Å². The molecule has 3 heterocycles. The number of unbranched alkanes of at least 4 members (excludes halogenated alkanes) is 3. The Morgan fingerprint density at radius 3 is 2.30 bits per heavy atom. The van der Waals surface area contributed by atoms with E-state index in [9.17, 15) is 31.5 Å². The molecular weight excluding hydrogens is 615 g/mol. The van der Waals surface area contributed by atoms with Crippen LogP contribution in [0.25, 0.3) is 0 Å². The van der Waals surface area contributed by atoms with Crippen LogP contribution in [0.5, 0.6) is 0 Å². The molecule has 0 saturated carbocycles. The van der Waals surface area contributed by atoms with Crippen molar-refractivity contribution in [2.45, 2.75) is 143 Å². The van der Waals surface area contributed by atoms with Crippen molar-refractivity contribution in [2.24, 2.45) is 16.8 Å². The van der Waals surface area contributed by atoms with E-state index in [0.29, 0.717) is 31.6 Å². The van der Waals surface area contributed by atoms with Crippen LogP contribution in [0, 0.1) is 11.8 Å². The Balaban J connectivity index is 0.000000294. The van der Waals surface area contributed by atoms with Crippen LogP contribution in [0.3, 0.4) is 0 Å². The summed E-state index contributed by atoms with van der Waals surface area (Å²) in [5.74, 6) is -1.94. The van der Waals surface area contributed by atoms with E-state index in [0.717, 1.165) is 44.2 Å². The fraction of sp³-hybridized carbons (Fsp3) is 0.722. The number of aromatic nitrogens is 2. The number of hydrogen-bond acceptors (Lipinski definition) is 5. The van der Waals surface area contributed by atoms with Gasteiger partial charge in [-0.1, -0.05) is 78.4 Å². The normalized spacial score (nSPS) is 23.4. The lowest BCUT2D eigenvalue weighted by Gasteiger charge is -2.23. The molecule has 1 saturated heterocycles. The van der Waals surface area contributed by atoms with Crippen LogP contribution in [0.4, 0.5) is 22.0 Å². The lowest BCUT2D eigenvalue weighted by atomic mass is 10.00. The molecule has 3 atom stereocenters. The third-order valence-corrected chi connectivity index (χ3v) is 9.23. The van der Waals surface area contributed by atoms with Crippen LogP contribution in [0.15, 0.2) is 33.2 Å². The molecule has 47 heavy (non-hydrogen) atoms. The van der Waals surface area contributed by atoms with Crippen molar-refractivity contribution in [2.75, 3.05) is 13.1 Å². The minimum absolute atomic E-state index is 0.00697. The number of aliphatic imine (C=N–C) groups is 1. The van der Waals surface area contributed by atoms with E-state index in [2.05, 4.69) is 43.9 Å². The van der Waals surface area contributed by atoms with Gasteiger partial charge < -0.3 is 0 Å². The van der Waals surface area contributed by atoms with Gasteiger partial charge in [-0.2, -0.15) is 18.3 Å². The summed E-state index contributed by atoms with van der Waals surface area (Å²) < 4.78 is 65.9. The van der Waals surface area contributed by atoms with Crippen LogP contribution in [-0.2, 0) is 17.4 Å². The molecule has 6 nitrogen and oxygen atoms in total. The van der Waals surface area contributed by atoms with Crippen LogP contribution >= 0.6 is 0 Å². The summed E-state index contributed by atoms with van der Waals surface area (Å²) in [5.41, 5.74) is -0.987. The molecule has 1 aromatic heterocycles. The predicted octanol–water partition coefficient (Wildman–Crippen LogP) is 9.81. The van der Waals surface area contributed by atoms with Crippen LogP contribution in [0.2, 0.25) is 0 Å². The lowest BCUT2D eigenvalue weighted by molar-refractivity contribution is -0.139. The van der Waals surface area contributed by atoms with E-state index >= 15 is 0 Å². The molecule has 1 aliphatic carbocycles. The Morgan fingerprint density at radius 1 is 1.04 bits per heavy atom. The maximum absolute atomic E-state index is 13.3. The molecular formula is C36H55F5N4O2. The number of carbonyl (C=O) groups excluding carboxylic acids is 1. The topological polar surface area (TPSA) is 78.4 Å². The fourth-order valence-electron chi connectivity index (χ4n) is 5.89. The van der Waals surface area contributed by atoms with Gasteiger partial charge in [-0.3, -0.25) is 19.5 Å². The van der Waals surface area contributed by atoms with Gasteiger partial charge in [0.15, 0.2) is 0 Å². The number of likely N-dealkylation sites (tertiary alicyclic amines) is 1. The van der Waals surface area contributed by atoms with Gasteiger partial charge >= 0.3 is 6.18 Å². The van der Waals surface area contributed by atoms with E-state index in [4.69, 9.17) is 0 Å². The number of nitrogens with zero attached hydrogens (tertiary/aromatic N) is 3. The molecule has 1 N–H and O–H groups in total. The van der Waals surface area contributed by atoms with Crippen molar-refractivity contribution in [3.63, 3.8) is 0 Å². The first-order valence-corrected chi connectivity index (χ1v) is 17.4. The third kappa shape index (κ3) is 13.0. The van der Waals surface area contributed by atoms with Gasteiger partial charge in [0.2, 0.25) is 0 Å². The molecule has 2 unspecified atom stereocenters. The summed E-state index contributed by atoms with van der Waals surface area (Å²) in [6, 6.07) is -0.252. The zero-order valence-corrected chi connectivity index (χ0v) is 29.1. The standard InChI is InChI=1S/C18H29F2N.C14H16F3N3O2.C4H10/c1-4-15(2)10-6-5-7-12-17-13-9-8-11-16(14-21-17)18(3,19)20;1-7(21)8-4-5-20(6-8)10-3-2-9-11(14(15,16)17)13(22)19-18-12(9)10;1-3-4-2/h11,13-15H,4-10,12H2,1-3H3;8,10H,2-6H2,1H3,(H,19,22);3-4H2,1-2H3/b16-11+,17-13-,21-14+;;/t15-;;/m1../s1. The number of carbonyl (C=O) groups is 1. The number of alkyl halides is 5. The highest BCUT2D eigenvalue weighted by molar-refractivity contribution is 5.81. The van der Waals surface area contributed by atoms with Gasteiger partial charge in [0, 0.05) is 36.9 Å². The number of aromatic amines is 1. The van der Waals surface area contributed by atoms with Crippen molar-refractivity contribution in [1.82, 2.24) is 15.1 Å². The summed E-state index contributed by atoms with van der Waals surface area (Å²) in [6.07, 6.45) is 12.9. The first kappa shape index (κ1) is 40.5.